The molecule has 2 aromatic heterocycles. The molecule has 1 aromatic carbocycles. The number of pyridine rings is 1. The Kier molecular flexibility index (Phi) is 3.43. The van der Waals surface area contributed by atoms with E-state index in [-0.39, 0.29) is 0 Å². The Hall–Kier alpha value is -2.63. The predicted octanol–water partition coefficient (Wildman–Crippen LogP) is 2.47. The number of fused-ring (bicyclic) bond motifs is 1. The van der Waals surface area contributed by atoms with Crippen molar-refractivity contribution in [3.63, 3.8) is 0 Å². The SMILES string of the molecule is Cc1cc2c(NCCc3noc(C)n3)ccc(N)c2cn1. The van der Waals surface area contributed by atoms with Crippen LogP contribution in [0, 0.1) is 13.8 Å². The van der Waals surface area contributed by atoms with Gasteiger partial charge >= 0.3 is 0 Å². The van der Waals surface area contributed by atoms with Crippen molar-refractivity contribution >= 4 is 22.1 Å². The van der Waals surface area contributed by atoms with Gasteiger partial charge in [0.25, 0.3) is 0 Å². The molecule has 0 saturated heterocycles. The fourth-order valence-corrected chi connectivity index (χ4v) is 2.27. The first-order valence-electron chi connectivity index (χ1n) is 6.81. The molecule has 2 heterocycles. The summed E-state index contributed by atoms with van der Waals surface area (Å²) >= 11 is 0. The van der Waals surface area contributed by atoms with Gasteiger partial charge in [0.1, 0.15) is 0 Å². The van der Waals surface area contributed by atoms with E-state index in [1.807, 2.05) is 31.3 Å². The number of aromatic nitrogens is 3. The van der Waals surface area contributed by atoms with Crippen LogP contribution in [0.25, 0.3) is 10.8 Å². The van der Waals surface area contributed by atoms with Crippen molar-refractivity contribution in [2.75, 3.05) is 17.6 Å². The summed E-state index contributed by atoms with van der Waals surface area (Å²) in [5.41, 5.74) is 8.73. The van der Waals surface area contributed by atoms with Gasteiger partial charge in [-0.3, -0.25) is 4.98 Å². The number of rotatable bonds is 4. The molecule has 0 aliphatic rings. The molecule has 0 fully saturated rings. The zero-order chi connectivity index (χ0) is 14.8. The zero-order valence-corrected chi connectivity index (χ0v) is 12.1. The van der Waals surface area contributed by atoms with Gasteiger partial charge in [-0.05, 0) is 25.1 Å². The second kappa shape index (κ2) is 5.40. The van der Waals surface area contributed by atoms with Gasteiger partial charge in [-0.2, -0.15) is 4.98 Å². The lowest BCUT2D eigenvalue weighted by Crippen LogP contribution is -2.07. The third-order valence-corrected chi connectivity index (χ3v) is 3.31. The molecule has 0 aliphatic heterocycles. The summed E-state index contributed by atoms with van der Waals surface area (Å²) in [6, 6.07) is 5.91. The summed E-state index contributed by atoms with van der Waals surface area (Å²) < 4.78 is 4.96. The van der Waals surface area contributed by atoms with Crippen molar-refractivity contribution in [3.05, 3.63) is 41.8 Å². The minimum absolute atomic E-state index is 0.588. The molecule has 0 radical (unpaired) electrons. The smallest absolute Gasteiger partial charge is 0.223 e. The van der Waals surface area contributed by atoms with Crippen LogP contribution in [0.2, 0.25) is 0 Å². The molecule has 108 valence electrons. The van der Waals surface area contributed by atoms with Crippen LogP contribution in [-0.4, -0.2) is 21.7 Å². The summed E-state index contributed by atoms with van der Waals surface area (Å²) in [6.07, 6.45) is 2.51. The second-order valence-corrected chi connectivity index (χ2v) is 4.98. The lowest BCUT2D eigenvalue weighted by molar-refractivity contribution is 0.387. The van der Waals surface area contributed by atoms with E-state index in [4.69, 9.17) is 10.3 Å². The third-order valence-electron chi connectivity index (χ3n) is 3.31. The van der Waals surface area contributed by atoms with Crippen molar-refractivity contribution in [3.8, 4) is 0 Å². The highest BCUT2D eigenvalue weighted by Crippen LogP contribution is 2.28. The van der Waals surface area contributed by atoms with Crippen LogP contribution in [0.4, 0.5) is 11.4 Å². The molecule has 0 atom stereocenters. The molecule has 0 bridgehead atoms. The number of benzene rings is 1. The molecule has 3 rings (SSSR count). The fraction of sp³-hybridized carbons (Fsp3) is 0.267. The Morgan fingerprint density at radius 2 is 2.10 bits per heavy atom. The summed E-state index contributed by atoms with van der Waals surface area (Å²) in [4.78, 5) is 8.48. The van der Waals surface area contributed by atoms with E-state index in [0.29, 0.717) is 18.1 Å². The van der Waals surface area contributed by atoms with E-state index in [2.05, 4.69) is 20.4 Å². The maximum Gasteiger partial charge on any atom is 0.223 e. The largest absolute Gasteiger partial charge is 0.398 e. The number of nitrogens with one attached hydrogen (secondary N) is 1. The van der Waals surface area contributed by atoms with Gasteiger partial charge in [0.05, 0.1) is 0 Å². The number of anilines is 2. The molecule has 0 unspecified atom stereocenters. The molecular weight excluding hydrogens is 266 g/mol. The minimum atomic E-state index is 0.588. The van der Waals surface area contributed by atoms with Gasteiger partial charge in [-0.25, -0.2) is 0 Å². The first kappa shape index (κ1) is 13.4. The average molecular weight is 283 g/mol. The molecular formula is C15H17N5O. The fourth-order valence-electron chi connectivity index (χ4n) is 2.27. The van der Waals surface area contributed by atoms with E-state index in [0.717, 1.165) is 34.4 Å². The highest BCUT2D eigenvalue weighted by molar-refractivity contribution is 6.00. The highest BCUT2D eigenvalue weighted by atomic mass is 16.5. The maximum atomic E-state index is 6.00. The van der Waals surface area contributed by atoms with Crippen molar-refractivity contribution in [2.45, 2.75) is 20.3 Å². The zero-order valence-electron chi connectivity index (χ0n) is 12.1. The Morgan fingerprint density at radius 1 is 1.24 bits per heavy atom. The molecule has 3 N–H and O–H groups in total. The molecule has 3 aromatic rings. The van der Waals surface area contributed by atoms with Crippen molar-refractivity contribution in [2.24, 2.45) is 0 Å². The number of nitrogens with zero attached hydrogens (tertiary/aromatic N) is 3. The molecule has 0 spiro atoms. The van der Waals surface area contributed by atoms with Crippen LogP contribution in [-0.2, 0) is 6.42 Å². The van der Waals surface area contributed by atoms with Crippen molar-refractivity contribution in [1.29, 1.82) is 0 Å². The first-order valence-corrected chi connectivity index (χ1v) is 6.81. The Morgan fingerprint density at radius 3 is 2.86 bits per heavy atom. The summed E-state index contributed by atoms with van der Waals surface area (Å²) in [6.45, 7) is 4.47. The lowest BCUT2D eigenvalue weighted by Gasteiger charge is -2.11. The predicted molar refractivity (Wildman–Crippen MR) is 82.1 cm³/mol. The van der Waals surface area contributed by atoms with Crippen LogP contribution in [0.5, 0.6) is 0 Å². The standard InChI is InChI=1S/C15H17N5O/c1-9-7-11-12(8-18-9)13(16)3-4-14(11)17-6-5-15-19-10(2)21-20-15/h3-4,7-8,17H,5-6,16H2,1-2H3. The first-order chi connectivity index (χ1) is 10.1. The molecule has 0 amide bonds. The maximum absolute atomic E-state index is 6.00. The Labute approximate surface area is 122 Å². The number of hydrogen-bond acceptors (Lipinski definition) is 6. The Balaban J connectivity index is 1.80. The lowest BCUT2D eigenvalue weighted by atomic mass is 10.1. The summed E-state index contributed by atoms with van der Waals surface area (Å²) in [5.74, 6) is 1.29. The molecule has 21 heavy (non-hydrogen) atoms. The summed E-state index contributed by atoms with van der Waals surface area (Å²) in [7, 11) is 0. The van der Waals surface area contributed by atoms with Crippen LogP contribution < -0.4 is 11.1 Å². The molecule has 0 saturated carbocycles. The quantitative estimate of drug-likeness (QED) is 0.715. The normalized spacial score (nSPS) is 11.0. The minimum Gasteiger partial charge on any atom is -0.398 e. The average Bonchev–Trinajstić information content (AvgIpc) is 2.87. The van der Waals surface area contributed by atoms with Crippen LogP contribution in [0.15, 0.2) is 28.9 Å². The van der Waals surface area contributed by atoms with E-state index in [1.165, 1.54) is 0 Å². The highest BCUT2D eigenvalue weighted by Gasteiger charge is 2.06. The molecule has 0 aliphatic carbocycles. The van der Waals surface area contributed by atoms with Gasteiger partial charge in [-0.15, -0.1) is 0 Å². The van der Waals surface area contributed by atoms with E-state index >= 15 is 0 Å². The second-order valence-electron chi connectivity index (χ2n) is 4.98. The van der Waals surface area contributed by atoms with Crippen molar-refractivity contribution in [1.82, 2.24) is 15.1 Å². The van der Waals surface area contributed by atoms with E-state index in [1.54, 1.807) is 6.92 Å². The van der Waals surface area contributed by atoms with Gasteiger partial charge < -0.3 is 15.6 Å². The van der Waals surface area contributed by atoms with Gasteiger partial charge in [0, 0.05) is 53.9 Å². The third kappa shape index (κ3) is 2.79. The molecule has 6 heteroatoms. The van der Waals surface area contributed by atoms with Crippen LogP contribution in [0.3, 0.4) is 0 Å². The Bertz CT molecular complexity index is 781. The number of hydrogen-bond donors (Lipinski definition) is 2. The van der Waals surface area contributed by atoms with E-state index in [9.17, 15) is 0 Å². The number of nitrogens with two attached hydrogens (primary N) is 1. The number of nitrogen functional groups attached to an aromatic ring is 1. The van der Waals surface area contributed by atoms with Crippen molar-refractivity contribution < 1.29 is 4.52 Å². The van der Waals surface area contributed by atoms with Gasteiger partial charge in [0.15, 0.2) is 5.82 Å². The van der Waals surface area contributed by atoms with E-state index < -0.39 is 0 Å². The van der Waals surface area contributed by atoms with Gasteiger partial charge in [-0.1, -0.05) is 5.16 Å². The number of aryl methyl sites for hydroxylation is 2. The topological polar surface area (TPSA) is 89.9 Å². The molecule has 6 nitrogen and oxygen atoms in total. The van der Waals surface area contributed by atoms with Crippen LogP contribution in [0.1, 0.15) is 17.4 Å². The summed E-state index contributed by atoms with van der Waals surface area (Å²) in [5, 5.41) is 9.31. The van der Waals surface area contributed by atoms with Gasteiger partial charge in [0.2, 0.25) is 5.89 Å². The monoisotopic (exact) mass is 283 g/mol. The van der Waals surface area contributed by atoms with Crippen LogP contribution >= 0.6 is 0 Å².